The van der Waals surface area contributed by atoms with Gasteiger partial charge in [-0.3, -0.25) is 14.4 Å². The van der Waals surface area contributed by atoms with E-state index in [-0.39, 0.29) is 29.7 Å². The summed E-state index contributed by atoms with van der Waals surface area (Å²) in [7, 11) is 0. The van der Waals surface area contributed by atoms with Crippen LogP contribution in [0.5, 0.6) is 0 Å². The van der Waals surface area contributed by atoms with Crippen LogP contribution in [0, 0.1) is 23.7 Å². The van der Waals surface area contributed by atoms with Gasteiger partial charge in [-0.2, -0.15) is 0 Å². The van der Waals surface area contributed by atoms with E-state index in [4.69, 9.17) is 0 Å². The number of carboxylic acids is 1. The normalized spacial score (nSPS) is 32.0. The summed E-state index contributed by atoms with van der Waals surface area (Å²) in [4.78, 5) is 38.4. The number of carbonyl (C=O) groups is 3. The number of carbonyl (C=O) groups excluding carboxylic acids is 2. The number of nitrogens with one attached hydrogen (secondary N) is 1. The first-order valence-corrected chi connectivity index (χ1v) is 11.2. The lowest BCUT2D eigenvalue weighted by molar-refractivity contribution is -0.148. The third kappa shape index (κ3) is 5.71. The van der Waals surface area contributed by atoms with E-state index in [1.54, 1.807) is 4.90 Å². The van der Waals surface area contributed by atoms with Crippen LogP contribution in [0.1, 0.15) is 77.6 Å². The summed E-state index contributed by atoms with van der Waals surface area (Å²) in [5, 5.41) is 12.5. The number of aliphatic carboxylic acids is 1. The van der Waals surface area contributed by atoms with Crippen molar-refractivity contribution in [2.24, 2.45) is 23.7 Å². The molecule has 3 rings (SSSR count). The number of hydrogen-bond donors (Lipinski definition) is 2. The van der Waals surface area contributed by atoms with E-state index in [1.165, 1.54) is 32.1 Å². The van der Waals surface area contributed by atoms with Crippen LogP contribution in [0.2, 0.25) is 0 Å². The highest BCUT2D eigenvalue weighted by Gasteiger charge is 2.36. The van der Waals surface area contributed by atoms with Gasteiger partial charge in [0.2, 0.25) is 11.8 Å². The Bertz CT molecular complexity index is 565. The zero-order valence-electron chi connectivity index (χ0n) is 17.2. The predicted octanol–water partition coefficient (Wildman–Crippen LogP) is 3.20. The second-order valence-electron chi connectivity index (χ2n) is 9.44. The lowest BCUT2D eigenvalue weighted by Crippen LogP contribution is -2.49. The fraction of sp³-hybridized carbons (Fsp3) is 0.864. The molecule has 3 aliphatic rings. The molecular formula is C22H36N2O4. The Morgan fingerprint density at radius 2 is 1.61 bits per heavy atom. The van der Waals surface area contributed by atoms with E-state index in [2.05, 4.69) is 5.32 Å². The molecule has 1 aliphatic heterocycles. The Hall–Kier alpha value is -1.59. The number of carboxylic acid groups (broad SMARTS) is 1. The van der Waals surface area contributed by atoms with Crippen molar-refractivity contribution in [3.8, 4) is 0 Å². The van der Waals surface area contributed by atoms with Crippen LogP contribution < -0.4 is 5.32 Å². The highest BCUT2D eigenvalue weighted by Crippen LogP contribution is 2.30. The van der Waals surface area contributed by atoms with Gasteiger partial charge in [0.25, 0.3) is 0 Å². The van der Waals surface area contributed by atoms with Crippen LogP contribution in [0.4, 0.5) is 0 Å². The molecule has 1 heterocycles. The minimum absolute atomic E-state index is 0.0220. The summed E-state index contributed by atoms with van der Waals surface area (Å²) in [6, 6.07) is 0.187. The number of hydrogen-bond acceptors (Lipinski definition) is 3. The Kier molecular flexibility index (Phi) is 7.36. The molecule has 158 valence electrons. The van der Waals surface area contributed by atoms with Crippen molar-refractivity contribution in [1.29, 1.82) is 0 Å². The summed E-state index contributed by atoms with van der Waals surface area (Å²) >= 11 is 0. The Labute approximate surface area is 168 Å². The second-order valence-corrected chi connectivity index (χ2v) is 9.44. The highest BCUT2D eigenvalue weighted by molar-refractivity contribution is 5.80. The van der Waals surface area contributed by atoms with Crippen molar-refractivity contribution in [3.63, 3.8) is 0 Å². The molecule has 0 bridgehead atoms. The van der Waals surface area contributed by atoms with Gasteiger partial charge in [-0.25, -0.2) is 0 Å². The molecule has 28 heavy (non-hydrogen) atoms. The zero-order chi connectivity index (χ0) is 20.1. The van der Waals surface area contributed by atoms with Crippen molar-refractivity contribution in [3.05, 3.63) is 0 Å². The van der Waals surface area contributed by atoms with E-state index >= 15 is 0 Å². The molecule has 6 nitrogen and oxygen atoms in total. The summed E-state index contributed by atoms with van der Waals surface area (Å²) in [6.07, 6.45) is 10.7. The average Bonchev–Trinajstić information content (AvgIpc) is 2.68. The quantitative estimate of drug-likeness (QED) is 0.752. The van der Waals surface area contributed by atoms with Gasteiger partial charge >= 0.3 is 5.97 Å². The fourth-order valence-electron chi connectivity index (χ4n) is 5.39. The smallest absolute Gasteiger partial charge is 0.308 e. The molecule has 2 amide bonds. The molecule has 0 aromatic rings. The molecule has 3 fully saturated rings. The number of rotatable bonds is 5. The predicted molar refractivity (Wildman–Crippen MR) is 107 cm³/mol. The van der Waals surface area contributed by atoms with Gasteiger partial charge in [0.15, 0.2) is 0 Å². The molecule has 2 N–H and O–H groups in total. The van der Waals surface area contributed by atoms with Crippen LogP contribution >= 0.6 is 0 Å². The maximum atomic E-state index is 12.9. The Morgan fingerprint density at radius 3 is 2.25 bits per heavy atom. The van der Waals surface area contributed by atoms with Crippen LogP contribution in [-0.4, -0.2) is 46.9 Å². The van der Waals surface area contributed by atoms with E-state index in [0.717, 1.165) is 25.7 Å². The summed E-state index contributed by atoms with van der Waals surface area (Å²) in [6.45, 7) is 3.03. The molecule has 0 spiro atoms. The molecule has 2 aliphatic carbocycles. The maximum absolute atomic E-state index is 12.9. The monoisotopic (exact) mass is 392 g/mol. The minimum Gasteiger partial charge on any atom is -0.481 e. The van der Waals surface area contributed by atoms with Gasteiger partial charge in [0, 0.05) is 31.5 Å². The lowest BCUT2D eigenvalue weighted by Gasteiger charge is -2.38. The summed E-state index contributed by atoms with van der Waals surface area (Å²) < 4.78 is 0. The number of piperidine rings is 1. The number of nitrogens with zero attached hydrogens (tertiary/aromatic N) is 1. The molecule has 1 saturated heterocycles. The van der Waals surface area contributed by atoms with Crippen molar-refractivity contribution in [2.45, 2.75) is 83.6 Å². The van der Waals surface area contributed by atoms with Crippen LogP contribution in [0.25, 0.3) is 0 Å². The minimum atomic E-state index is -0.797. The van der Waals surface area contributed by atoms with E-state index < -0.39 is 11.9 Å². The lowest BCUT2D eigenvalue weighted by atomic mass is 9.83. The fourth-order valence-corrected chi connectivity index (χ4v) is 5.39. The second kappa shape index (κ2) is 9.75. The van der Waals surface area contributed by atoms with Crippen molar-refractivity contribution in [1.82, 2.24) is 10.2 Å². The average molecular weight is 393 g/mol. The van der Waals surface area contributed by atoms with Gasteiger partial charge in [-0.15, -0.1) is 0 Å². The first-order chi connectivity index (χ1) is 13.4. The standard InChI is InChI=1S/C22H36N2O4/c1-15-11-18(22(27)28)14-24(13-15)21(26)17-7-9-19(10-8-17)23-20(25)12-16-5-3-2-4-6-16/h15-19H,2-14H2,1H3,(H,23,25)(H,27,28). The maximum Gasteiger partial charge on any atom is 0.308 e. The van der Waals surface area contributed by atoms with E-state index in [1.807, 2.05) is 6.92 Å². The molecular weight excluding hydrogens is 356 g/mol. The molecule has 0 aromatic heterocycles. The van der Waals surface area contributed by atoms with Crippen molar-refractivity contribution < 1.29 is 19.5 Å². The molecule has 0 radical (unpaired) electrons. The van der Waals surface area contributed by atoms with Crippen molar-refractivity contribution >= 4 is 17.8 Å². The molecule has 2 atom stereocenters. The van der Waals surface area contributed by atoms with E-state index in [0.29, 0.717) is 31.8 Å². The highest BCUT2D eigenvalue weighted by atomic mass is 16.4. The third-order valence-electron chi connectivity index (χ3n) is 6.96. The topological polar surface area (TPSA) is 86.7 Å². The first kappa shape index (κ1) is 21.1. The van der Waals surface area contributed by atoms with Gasteiger partial charge in [0.1, 0.15) is 0 Å². The number of likely N-dealkylation sites (tertiary alicyclic amines) is 1. The van der Waals surface area contributed by atoms with Gasteiger partial charge < -0.3 is 15.3 Å². The largest absolute Gasteiger partial charge is 0.481 e. The first-order valence-electron chi connectivity index (χ1n) is 11.2. The van der Waals surface area contributed by atoms with Gasteiger partial charge in [-0.05, 0) is 56.8 Å². The Balaban J connectivity index is 1.42. The SMILES string of the molecule is CC1CC(C(=O)O)CN(C(=O)C2CCC(NC(=O)CC3CCCCC3)CC2)C1. The summed E-state index contributed by atoms with van der Waals surface area (Å²) in [5.41, 5.74) is 0. The molecule has 2 saturated carbocycles. The summed E-state index contributed by atoms with van der Waals surface area (Å²) in [5.74, 6) is -0.187. The van der Waals surface area contributed by atoms with Crippen LogP contribution in [0.15, 0.2) is 0 Å². The number of amides is 2. The van der Waals surface area contributed by atoms with E-state index in [9.17, 15) is 19.5 Å². The van der Waals surface area contributed by atoms with Crippen LogP contribution in [-0.2, 0) is 14.4 Å². The zero-order valence-corrected chi connectivity index (χ0v) is 17.2. The van der Waals surface area contributed by atoms with Crippen molar-refractivity contribution in [2.75, 3.05) is 13.1 Å². The third-order valence-corrected chi connectivity index (χ3v) is 6.96. The van der Waals surface area contributed by atoms with Gasteiger partial charge in [0.05, 0.1) is 5.92 Å². The molecule has 6 heteroatoms. The van der Waals surface area contributed by atoms with Crippen LogP contribution in [0.3, 0.4) is 0 Å². The molecule has 2 unspecified atom stereocenters. The molecule has 0 aromatic carbocycles. The van der Waals surface area contributed by atoms with Gasteiger partial charge in [-0.1, -0.05) is 26.2 Å². The Morgan fingerprint density at radius 1 is 0.929 bits per heavy atom.